The molecule has 0 heterocycles. The number of rotatable bonds is 4. The fourth-order valence-electron chi connectivity index (χ4n) is 2.77. The van der Waals surface area contributed by atoms with Gasteiger partial charge in [0, 0.05) is 0 Å². The van der Waals surface area contributed by atoms with Crippen molar-refractivity contribution < 1.29 is 8.78 Å². The molecule has 0 aliphatic rings. The first-order chi connectivity index (χ1) is 11.2. The monoisotopic (exact) mass is 304 g/mol. The van der Waals surface area contributed by atoms with Crippen LogP contribution >= 0.6 is 0 Å². The average molecular weight is 304 g/mol. The molecule has 3 heteroatoms. The lowest BCUT2D eigenvalue weighted by Gasteiger charge is -2.16. The zero-order valence-corrected chi connectivity index (χ0v) is 12.5. The standard InChI is InChI=1S/C20H15BF2/c1-2-15-9-11-16(12-10-15)21(17-5-3-7-19(22)13-17)18-6-4-8-20(23)14-18/h2-14H,1H2. The van der Waals surface area contributed by atoms with E-state index in [1.807, 2.05) is 36.4 Å². The molecule has 0 amide bonds. The van der Waals surface area contributed by atoms with Gasteiger partial charge in [0.05, 0.1) is 0 Å². The first-order valence-corrected chi connectivity index (χ1v) is 7.41. The van der Waals surface area contributed by atoms with Crippen molar-refractivity contribution >= 4 is 29.2 Å². The Hall–Kier alpha value is -2.68. The first-order valence-electron chi connectivity index (χ1n) is 7.41. The number of hydrogen-bond acceptors (Lipinski definition) is 0. The highest BCUT2D eigenvalue weighted by molar-refractivity contribution is 6.95. The van der Waals surface area contributed by atoms with E-state index < -0.39 is 0 Å². The van der Waals surface area contributed by atoms with Gasteiger partial charge in [0.15, 0.2) is 0 Å². The highest BCUT2D eigenvalue weighted by atomic mass is 19.1. The molecule has 0 fully saturated rings. The van der Waals surface area contributed by atoms with Crippen molar-refractivity contribution in [2.45, 2.75) is 0 Å². The predicted octanol–water partition coefficient (Wildman–Crippen LogP) is 3.12. The van der Waals surface area contributed by atoms with Crippen LogP contribution in [0.15, 0.2) is 79.4 Å². The summed E-state index contributed by atoms with van der Waals surface area (Å²) in [5, 5.41) is 0. The molecule has 0 saturated carbocycles. The molecule has 0 aromatic heterocycles. The van der Waals surface area contributed by atoms with Gasteiger partial charge >= 0.3 is 0 Å². The van der Waals surface area contributed by atoms with Gasteiger partial charge in [0.2, 0.25) is 6.71 Å². The van der Waals surface area contributed by atoms with Crippen molar-refractivity contribution in [2.75, 3.05) is 0 Å². The van der Waals surface area contributed by atoms with Crippen LogP contribution in [0.2, 0.25) is 0 Å². The van der Waals surface area contributed by atoms with E-state index in [0.29, 0.717) is 0 Å². The normalized spacial score (nSPS) is 10.3. The number of hydrogen-bond donors (Lipinski definition) is 0. The number of benzene rings is 3. The minimum absolute atomic E-state index is 0.222. The molecule has 0 unspecified atom stereocenters. The molecule has 0 saturated heterocycles. The van der Waals surface area contributed by atoms with Crippen molar-refractivity contribution in [2.24, 2.45) is 0 Å². The zero-order valence-electron chi connectivity index (χ0n) is 12.5. The van der Waals surface area contributed by atoms with Gasteiger partial charge in [0.1, 0.15) is 11.6 Å². The quantitative estimate of drug-likeness (QED) is 0.650. The Labute approximate surface area is 135 Å². The van der Waals surface area contributed by atoms with Crippen LogP contribution < -0.4 is 16.4 Å². The summed E-state index contributed by atoms with van der Waals surface area (Å²) in [5.41, 5.74) is 3.57. The maximum Gasteiger partial charge on any atom is 0.241 e. The van der Waals surface area contributed by atoms with Crippen LogP contribution in [0.25, 0.3) is 6.08 Å². The Morgan fingerprint density at radius 2 is 1.22 bits per heavy atom. The highest BCUT2D eigenvalue weighted by Gasteiger charge is 2.22. The lowest BCUT2D eigenvalue weighted by atomic mass is 9.37. The summed E-state index contributed by atoms with van der Waals surface area (Å²) in [7, 11) is 0. The summed E-state index contributed by atoms with van der Waals surface area (Å²) in [6, 6.07) is 20.7. The summed E-state index contributed by atoms with van der Waals surface area (Å²) in [4.78, 5) is 0. The summed E-state index contributed by atoms with van der Waals surface area (Å²) in [5.74, 6) is -0.599. The van der Waals surface area contributed by atoms with Gasteiger partial charge in [-0.2, -0.15) is 0 Å². The third-order valence-corrected chi connectivity index (χ3v) is 3.87. The largest absolute Gasteiger partial charge is 0.241 e. The van der Waals surface area contributed by atoms with Crippen molar-refractivity contribution in [3.05, 3.63) is 96.6 Å². The Kier molecular flexibility index (Phi) is 4.38. The molecule has 112 valence electrons. The molecule has 3 aromatic carbocycles. The van der Waals surface area contributed by atoms with E-state index in [1.165, 1.54) is 24.3 Å². The highest BCUT2D eigenvalue weighted by Crippen LogP contribution is 2.03. The molecule has 3 aromatic rings. The minimum Gasteiger partial charge on any atom is -0.207 e. The molecule has 23 heavy (non-hydrogen) atoms. The van der Waals surface area contributed by atoms with E-state index in [0.717, 1.165) is 22.0 Å². The Morgan fingerprint density at radius 3 is 1.65 bits per heavy atom. The lowest BCUT2D eigenvalue weighted by Crippen LogP contribution is -2.52. The van der Waals surface area contributed by atoms with Crippen LogP contribution in [0.4, 0.5) is 8.78 Å². The molecular formula is C20H15BF2. The molecule has 0 N–H and O–H groups in total. The van der Waals surface area contributed by atoms with Crippen molar-refractivity contribution in [1.29, 1.82) is 0 Å². The van der Waals surface area contributed by atoms with Gasteiger partial charge in [0.25, 0.3) is 0 Å². The molecule has 0 bridgehead atoms. The fourth-order valence-corrected chi connectivity index (χ4v) is 2.77. The third-order valence-electron chi connectivity index (χ3n) is 3.87. The van der Waals surface area contributed by atoms with Gasteiger partial charge in [-0.05, 0) is 29.8 Å². The lowest BCUT2D eigenvalue weighted by molar-refractivity contribution is 0.629. The van der Waals surface area contributed by atoms with Crippen LogP contribution in [0.5, 0.6) is 0 Å². The van der Waals surface area contributed by atoms with Gasteiger partial charge in [-0.25, -0.2) is 8.78 Å². The Balaban J connectivity index is 2.14. The molecule has 0 nitrogen and oxygen atoms in total. The van der Waals surface area contributed by atoms with E-state index in [4.69, 9.17) is 0 Å². The first kappa shape index (κ1) is 15.2. The van der Waals surface area contributed by atoms with E-state index in [2.05, 4.69) is 6.58 Å². The predicted molar refractivity (Wildman–Crippen MR) is 94.0 cm³/mol. The summed E-state index contributed by atoms with van der Waals surface area (Å²) < 4.78 is 27.3. The van der Waals surface area contributed by atoms with Gasteiger partial charge in [-0.1, -0.05) is 77.6 Å². The maximum absolute atomic E-state index is 13.7. The second-order valence-corrected chi connectivity index (χ2v) is 5.41. The van der Waals surface area contributed by atoms with Gasteiger partial charge in [-0.15, -0.1) is 0 Å². The van der Waals surface area contributed by atoms with Crippen LogP contribution in [0.3, 0.4) is 0 Å². The molecule has 0 aliphatic heterocycles. The maximum atomic E-state index is 13.7. The molecule has 0 radical (unpaired) electrons. The van der Waals surface area contributed by atoms with Gasteiger partial charge in [-0.3, -0.25) is 0 Å². The molecule has 0 spiro atoms. The van der Waals surface area contributed by atoms with Gasteiger partial charge < -0.3 is 0 Å². The minimum atomic E-state index is -0.299. The van der Waals surface area contributed by atoms with E-state index in [1.54, 1.807) is 18.2 Å². The topological polar surface area (TPSA) is 0 Å². The van der Waals surface area contributed by atoms with E-state index >= 15 is 0 Å². The van der Waals surface area contributed by atoms with Crippen LogP contribution in [0.1, 0.15) is 5.56 Å². The van der Waals surface area contributed by atoms with Crippen LogP contribution in [-0.4, -0.2) is 6.71 Å². The average Bonchev–Trinajstić information content (AvgIpc) is 2.56. The summed E-state index contributed by atoms with van der Waals surface area (Å²) >= 11 is 0. The second kappa shape index (κ2) is 6.61. The summed E-state index contributed by atoms with van der Waals surface area (Å²) in [6.45, 7) is 3.52. The number of halogens is 2. The molecule has 0 aliphatic carbocycles. The summed E-state index contributed by atoms with van der Waals surface area (Å²) in [6.07, 6.45) is 1.77. The SMILES string of the molecule is C=Cc1ccc(B(c2cccc(F)c2)c2cccc(F)c2)cc1. The van der Waals surface area contributed by atoms with Crippen molar-refractivity contribution in [3.63, 3.8) is 0 Å². The smallest absolute Gasteiger partial charge is 0.207 e. The third kappa shape index (κ3) is 3.40. The Morgan fingerprint density at radius 1 is 0.696 bits per heavy atom. The molecule has 3 rings (SSSR count). The fraction of sp³-hybridized carbons (Fsp3) is 0. The van der Waals surface area contributed by atoms with E-state index in [-0.39, 0.29) is 18.3 Å². The molecule has 0 atom stereocenters. The van der Waals surface area contributed by atoms with Crippen LogP contribution in [-0.2, 0) is 0 Å². The molecular weight excluding hydrogens is 289 g/mol. The zero-order chi connectivity index (χ0) is 16.2. The van der Waals surface area contributed by atoms with Crippen LogP contribution in [0, 0.1) is 11.6 Å². The second-order valence-electron chi connectivity index (χ2n) is 5.41. The van der Waals surface area contributed by atoms with E-state index in [9.17, 15) is 8.78 Å². The Bertz CT molecular complexity index is 780. The van der Waals surface area contributed by atoms with Crippen molar-refractivity contribution in [3.8, 4) is 0 Å². The van der Waals surface area contributed by atoms with Crippen molar-refractivity contribution in [1.82, 2.24) is 0 Å².